The number of hydrogen-bond donors (Lipinski definition) is 5. The van der Waals surface area contributed by atoms with Gasteiger partial charge in [-0.15, -0.1) is 0 Å². The van der Waals surface area contributed by atoms with Crippen LogP contribution in [-0.2, 0) is 31.6 Å². The zero-order valence-electron chi connectivity index (χ0n) is 25.6. The van der Waals surface area contributed by atoms with Gasteiger partial charge in [0.1, 0.15) is 0 Å². The van der Waals surface area contributed by atoms with Crippen molar-refractivity contribution in [2.45, 2.75) is 52.4 Å². The predicted octanol–water partition coefficient (Wildman–Crippen LogP) is 4.60. The fourth-order valence-electron chi connectivity index (χ4n) is 4.92. The molecule has 0 radical (unpaired) electrons. The van der Waals surface area contributed by atoms with Gasteiger partial charge in [-0.25, -0.2) is 0 Å². The molecule has 4 heterocycles. The van der Waals surface area contributed by atoms with Crippen molar-refractivity contribution in [3.05, 3.63) is 135 Å². The predicted molar refractivity (Wildman–Crippen MR) is 174 cm³/mol. The van der Waals surface area contributed by atoms with Crippen LogP contribution in [0, 0.1) is 0 Å². The molecule has 45 heavy (non-hydrogen) atoms. The molecule has 0 spiro atoms. The van der Waals surface area contributed by atoms with Crippen molar-refractivity contribution >= 4 is 29.3 Å². The molecule has 4 amide bonds. The Balaban J connectivity index is 1.42. The van der Waals surface area contributed by atoms with Crippen LogP contribution in [0.3, 0.4) is 0 Å². The van der Waals surface area contributed by atoms with Crippen LogP contribution in [0.15, 0.2) is 84.9 Å². The summed E-state index contributed by atoms with van der Waals surface area (Å²) >= 11 is 0. The smallest absolute Gasteiger partial charge is 0.251 e. The molecular formula is C36H37N5O4. The maximum absolute atomic E-state index is 13.2. The molecule has 0 unspecified atom stereocenters. The minimum atomic E-state index is -0.353. The maximum Gasteiger partial charge on any atom is 0.251 e. The standard InChI is InChI=1S/C36H37N5O4/c1-36(2,3)30-14-26-12-27(15-30)33(43)39-19-23-6-10-25(11-7-23)21-41-35(45)29-13-28(16-31(37)17-29)34(44)40-20-24-8-4-22(5-9-24)18-38-32(26)42/h4-17H,18-21,37H2,1-3H3,(H,38,42)(H,39,43)(H,40,44)(H,41,45). The van der Waals surface area contributed by atoms with E-state index in [4.69, 9.17) is 5.73 Å². The monoisotopic (exact) mass is 603 g/mol. The molecule has 9 heteroatoms. The molecule has 0 aliphatic carbocycles. The van der Waals surface area contributed by atoms with Crippen LogP contribution in [0.5, 0.6) is 0 Å². The number of benzene rings is 4. The highest BCUT2D eigenvalue weighted by Crippen LogP contribution is 2.25. The molecule has 0 fully saturated rings. The Labute approximate surface area is 262 Å². The van der Waals surface area contributed by atoms with Gasteiger partial charge in [0.05, 0.1) is 0 Å². The molecule has 0 saturated heterocycles. The fraction of sp³-hybridized carbons (Fsp3) is 0.222. The number of nitrogen functional groups attached to an aromatic ring is 1. The van der Waals surface area contributed by atoms with Crippen LogP contribution in [0.1, 0.15) is 90.0 Å². The van der Waals surface area contributed by atoms with Gasteiger partial charge in [0, 0.05) is 54.1 Å². The van der Waals surface area contributed by atoms with Gasteiger partial charge in [-0.05, 0) is 69.6 Å². The summed E-state index contributed by atoms with van der Waals surface area (Å²) < 4.78 is 0. The second-order valence-corrected chi connectivity index (χ2v) is 12.3. The van der Waals surface area contributed by atoms with Crippen LogP contribution in [0.2, 0.25) is 0 Å². The average Bonchev–Trinajstić information content (AvgIpc) is 3.03. The van der Waals surface area contributed by atoms with Gasteiger partial charge in [-0.3, -0.25) is 19.2 Å². The lowest BCUT2D eigenvalue weighted by Gasteiger charge is -2.21. The van der Waals surface area contributed by atoms with E-state index >= 15 is 0 Å². The van der Waals surface area contributed by atoms with Gasteiger partial charge in [0.25, 0.3) is 23.6 Å². The number of hydrogen-bond acceptors (Lipinski definition) is 5. The molecule has 8 bridgehead atoms. The average molecular weight is 604 g/mol. The summed E-state index contributed by atoms with van der Waals surface area (Å²) in [5, 5.41) is 11.7. The molecule has 4 aromatic rings. The first-order chi connectivity index (χ1) is 21.4. The summed E-state index contributed by atoms with van der Waals surface area (Å²) in [6.45, 7) is 7.22. The highest BCUT2D eigenvalue weighted by Gasteiger charge is 2.20. The Morgan fingerprint density at radius 2 is 0.733 bits per heavy atom. The fourth-order valence-corrected chi connectivity index (χ4v) is 4.92. The van der Waals surface area contributed by atoms with Gasteiger partial charge in [0.15, 0.2) is 0 Å². The number of rotatable bonds is 0. The molecule has 0 saturated carbocycles. The number of nitrogens with two attached hydrogens (primary N) is 1. The van der Waals surface area contributed by atoms with Crippen molar-refractivity contribution < 1.29 is 19.2 Å². The van der Waals surface area contributed by atoms with Crippen LogP contribution in [0.25, 0.3) is 0 Å². The highest BCUT2D eigenvalue weighted by molar-refractivity contribution is 6.01. The number of carbonyl (C=O) groups is 4. The highest BCUT2D eigenvalue weighted by atomic mass is 16.2. The van der Waals surface area contributed by atoms with Crippen molar-refractivity contribution in [1.82, 2.24) is 21.3 Å². The Hall–Kier alpha value is -5.44. The maximum atomic E-state index is 13.2. The summed E-state index contributed by atoms with van der Waals surface area (Å²) in [6.07, 6.45) is 0. The van der Waals surface area contributed by atoms with Gasteiger partial charge in [0.2, 0.25) is 0 Å². The molecule has 4 aromatic carbocycles. The summed E-state index contributed by atoms with van der Waals surface area (Å²) in [5.41, 5.74) is 11.8. The molecule has 0 atom stereocenters. The van der Waals surface area contributed by atoms with E-state index in [0.29, 0.717) is 16.8 Å². The largest absolute Gasteiger partial charge is 0.399 e. The zero-order chi connectivity index (χ0) is 32.1. The second-order valence-electron chi connectivity index (χ2n) is 12.3. The molecule has 230 valence electrons. The first kappa shape index (κ1) is 31.0. The molecule has 4 aliphatic heterocycles. The lowest BCUT2D eigenvalue weighted by Crippen LogP contribution is -2.27. The molecule has 6 N–H and O–H groups in total. The quantitative estimate of drug-likeness (QED) is 0.187. The van der Waals surface area contributed by atoms with Crippen molar-refractivity contribution in [1.29, 1.82) is 0 Å². The molecule has 9 nitrogen and oxygen atoms in total. The van der Waals surface area contributed by atoms with Crippen LogP contribution in [0.4, 0.5) is 5.69 Å². The molecule has 0 aromatic heterocycles. The van der Waals surface area contributed by atoms with Gasteiger partial charge < -0.3 is 27.0 Å². The number of anilines is 1. The Bertz CT molecular complexity index is 1640. The normalized spacial score (nSPS) is 14.7. The topological polar surface area (TPSA) is 142 Å². The van der Waals surface area contributed by atoms with E-state index in [1.165, 1.54) is 18.2 Å². The lowest BCUT2D eigenvalue weighted by atomic mass is 9.85. The molecule has 8 rings (SSSR count). The van der Waals surface area contributed by atoms with E-state index in [9.17, 15) is 19.2 Å². The summed E-state index contributed by atoms with van der Waals surface area (Å²) in [7, 11) is 0. The SMILES string of the molecule is CC(C)(C)c1cc2cc(c1)C(=O)NCc1ccc(cc1)CNC(=O)c1cc(N)cc(c1)C(=O)NCc1ccc(cc1)CNC2=O. The first-order valence-electron chi connectivity index (χ1n) is 14.8. The van der Waals surface area contributed by atoms with E-state index in [1.54, 1.807) is 6.07 Å². The van der Waals surface area contributed by atoms with Gasteiger partial charge in [-0.1, -0.05) is 69.3 Å². The number of amides is 4. The van der Waals surface area contributed by atoms with E-state index in [0.717, 1.165) is 27.8 Å². The van der Waals surface area contributed by atoms with Crippen molar-refractivity contribution in [3.63, 3.8) is 0 Å². The van der Waals surface area contributed by atoms with Crippen molar-refractivity contribution in [2.24, 2.45) is 0 Å². The van der Waals surface area contributed by atoms with E-state index in [-0.39, 0.29) is 66.3 Å². The molecular weight excluding hydrogens is 566 g/mol. The molecule has 4 aliphatic rings. The minimum absolute atomic E-state index is 0.266. The van der Waals surface area contributed by atoms with Crippen molar-refractivity contribution in [2.75, 3.05) is 5.73 Å². The van der Waals surface area contributed by atoms with Crippen LogP contribution < -0.4 is 27.0 Å². The van der Waals surface area contributed by atoms with E-state index in [2.05, 4.69) is 21.3 Å². The zero-order valence-corrected chi connectivity index (χ0v) is 25.6. The Morgan fingerprint density at radius 1 is 0.467 bits per heavy atom. The number of nitrogens with one attached hydrogen (secondary N) is 4. The summed E-state index contributed by atoms with van der Waals surface area (Å²) in [6, 6.07) is 24.9. The third-order valence-electron chi connectivity index (χ3n) is 7.66. The summed E-state index contributed by atoms with van der Waals surface area (Å²) in [5.74, 6) is -1.27. The lowest BCUT2D eigenvalue weighted by molar-refractivity contribution is 0.0935. The van der Waals surface area contributed by atoms with Crippen molar-refractivity contribution in [3.8, 4) is 0 Å². The Morgan fingerprint density at radius 3 is 1.00 bits per heavy atom. The Kier molecular flexibility index (Phi) is 8.99. The van der Waals surface area contributed by atoms with Gasteiger partial charge in [-0.2, -0.15) is 0 Å². The number of carbonyl (C=O) groups excluding carboxylic acids is 4. The summed E-state index contributed by atoms with van der Waals surface area (Å²) in [4.78, 5) is 52.3. The third kappa shape index (κ3) is 7.94. The van der Waals surface area contributed by atoms with Crippen LogP contribution >= 0.6 is 0 Å². The van der Waals surface area contributed by atoms with E-state index < -0.39 is 0 Å². The first-order valence-corrected chi connectivity index (χ1v) is 14.8. The van der Waals surface area contributed by atoms with Gasteiger partial charge >= 0.3 is 0 Å². The minimum Gasteiger partial charge on any atom is -0.399 e. The van der Waals surface area contributed by atoms with E-state index in [1.807, 2.05) is 81.4 Å². The third-order valence-corrected chi connectivity index (χ3v) is 7.66. The van der Waals surface area contributed by atoms with Crippen LogP contribution in [-0.4, -0.2) is 23.6 Å². The second kappa shape index (κ2) is 13.1.